The third kappa shape index (κ3) is 2.82. The van der Waals surface area contributed by atoms with Crippen molar-refractivity contribution in [3.8, 4) is 11.8 Å². The molecule has 0 bridgehead atoms. The van der Waals surface area contributed by atoms with Crippen LogP contribution < -0.4 is 4.74 Å². The minimum Gasteiger partial charge on any atom is -0.492 e. The van der Waals surface area contributed by atoms with Crippen LogP contribution in [0.3, 0.4) is 0 Å². The molecule has 0 amide bonds. The van der Waals surface area contributed by atoms with Crippen LogP contribution in [0.5, 0.6) is 5.75 Å². The Hall–Kier alpha value is -1.99. The van der Waals surface area contributed by atoms with Crippen molar-refractivity contribution in [2.75, 3.05) is 6.61 Å². The van der Waals surface area contributed by atoms with Gasteiger partial charge in [-0.3, -0.25) is 4.68 Å². The van der Waals surface area contributed by atoms with Gasteiger partial charge in [0, 0.05) is 25.4 Å². The van der Waals surface area contributed by atoms with E-state index >= 15 is 0 Å². The van der Waals surface area contributed by atoms with Crippen molar-refractivity contribution in [2.24, 2.45) is 7.05 Å². The second-order valence-electron chi connectivity index (χ2n) is 3.80. The summed E-state index contributed by atoms with van der Waals surface area (Å²) in [5.41, 5.74) is 1.62. The first-order valence-electron chi connectivity index (χ1n) is 5.50. The summed E-state index contributed by atoms with van der Waals surface area (Å²) >= 11 is 6.01. The van der Waals surface area contributed by atoms with E-state index < -0.39 is 0 Å². The Morgan fingerprint density at radius 2 is 2.28 bits per heavy atom. The van der Waals surface area contributed by atoms with E-state index in [2.05, 4.69) is 5.10 Å². The molecule has 0 atom stereocenters. The van der Waals surface area contributed by atoms with Gasteiger partial charge in [0.25, 0.3) is 0 Å². The molecule has 2 rings (SSSR count). The molecule has 2 aromatic rings. The zero-order valence-electron chi connectivity index (χ0n) is 9.93. The van der Waals surface area contributed by atoms with Crippen LogP contribution in [0.1, 0.15) is 11.3 Å². The molecule has 0 aliphatic rings. The van der Waals surface area contributed by atoms with Crippen molar-refractivity contribution < 1.29 is 4.74 Å². The lowest BCUT2D eigenvalue weighted by molar-refractivity contribution is 0.318. The van der Waals surface area contributed by atoms with Crippen LogP contribution >= 0.6 is 11.6 Å². The zero-order valence-corrected chi connectivity index (χ0v) is 10.7. The van der Waals surface area contributed by atoms with Gasteiger partial charge < -0.3 is 4.74 Å². The molecule has 0 saturated carbocycles. The van der Waals surface area contributed by atoms with Crippen molar-refractivity contribution in [2.45, 2.75) is 6.42 Å². The molecule has 0 saturated heterocycles. The standard InChI is InChI=1S/C13H12ClN3O/c1-17-11(4-6-16-17)5-7-18-13-3-2-10(9-15)8-12(13)14/h2-4,6,8H,5,7H2,1H3. The normalized spacial score (nSPS) is 10.1. The zero-order chi connectivity index (χ0) is 13.0. The van der Waals surface area contributed by atoms with Crippen LogP contribution in [0.2, 0.25) is 5.02 Å². The first kappa shape index (κ1) is 12.5. The number of aryl methyl sites for hydroxylation is 1. The number of hydrogen-bond acceptors (Lipinski definition) is 3. The third-order valence-corrected chi connectivity index (χ3v) is 2.89. The average molecular weight is 262 g/mol. The quantitative estimate of drug-likeness (QED) is 0.850. The Labute approximate surface area is 110 Å². The SMILES string of the molecule is Cn1nccc1CCOc1ccc(C#N)cc1Cl. The highest BCUT2D eigenvalue weighted by Crippen LogP contribution is 2.25. The highest BCUT2D eigenvalue weighted by Gasteiger charge is 2.04. The molecule has 0 unspecified atom stereocenters. The molecule has 4 nitrogen and oxygen atoms in total. The van der Waals surface area contributed by atoms with Gasteiger partial charge in [-0.25, -0.2) is 0 Å². The average Bonchev–Trinajstić information content (AvgIpc) is 2.77. The Bertz CT molecular complexity index is 586. The number of aromatic nitrogens is 2. The molecule has 0 aliphatic carbocycles. The van der Waals surface area contributed by atoms with Crippen LogP contribution in [-0.4, -0.2) is 16.4 Å². The van der Waals surface area contributed by atoms with Gasteiger partial charge in [0.15, 0.2) is 0 Å². The monoisotopic (exact) mass is 261 g/mol. The van der Waals surface area contributed by atoms with Crippen LogP contribution in [0, 0.1) is 11.3 Å². The largest absolute Gasteiger partial charge is 0.492 e. The van der Waals surface area contributed by atoms with Crippen LogP contribution in [-0.2, 0) is 13.5 Å². The minimum absolute atomic E-state index is 0.457. The van der Waals surface area contributed by atoms with E-state index in [-0.39, 0.29) is 0 Å². The van der Waals surface area contributed by atoms with Gasteiger partial charge in [-0.2, -0.15) is 10.4 Å². The Balaban J connectivity index is 1.95. The number of nitriles is 1. The fourth-order valence-electron chi connectivity index (χ4n) is 1.60. The van der Waals surface area contributed by atoms with Gasteiger partial charge >= 0.3 is 0 Å². The molecular formula is C13H12ClN3O. The van der Waals surface area contributed by atoms with E-state index in [0.29, 0.717) is 22.9 Å². The predicted octanol–water partition coefficient (Wildman–Crippen LogP) is 2.57. The molecule has 1 aromatic heterocycles. The molecule has 1 aromatic carbocycles. The van der Waals surface area contributed by atoms with Gasteiger partial charge in [-0.05, 0) is 24.3 Å². The van der Waals surface area contributed by atoms with Crippen molar-refractivity contribution >= 4 is 11.6 Å². The summed E-state index contributed by atoms with van der Waals surface area (Å²) in [6.45, 7) is 0.519. The third-order valence-electron chi connectivity index (χ3n) is 2.60. The first-order chi connectivity index (χ1) is 8.70. The molecule has 0 aliphatic heterocycles. The maximum absolute atomic E-state index is 8.73. The summed E-state index contributed by atoms with van der Waals surface area (Å²) in [6.07, 6.45) is 2.51. The summed E-state index contributed by atoms with van der Waals surface area (Å²) < 4.78 is 7.39. The summed E-state index contributed by atoms with van der Waals surface area (Å²) in [4.78, 5) is 0. The van der Waals surface area contributed by atoms with Gasteiger partial charge in [0.05, 0.1) is 23.3 Å². The Morgan fingerprint density at radius 3 is 2.89 bits per heavy atom. The summed E-state index contributed by atoms with van der Waals surface area (Å²) in [5.74, 6) is 0.595. The van der Waals surface area contributed by atoms with Gasteiger partial charge in [0.2, 0.25) is 0 Å². The van der Waals surface area contributed by atoms with Crippen molar-refractivity contribution in [1.82, 2.24) is 9.78 Å². The smallest absolute Gasteiger partial charge is 0.137 e. The Morgan fingerprint density at radius 1 is 1.44 bits per heavy atom. The van der Waals surface area contributed by atoms with Gasteiger partial charge in [0.1, 0.15) is 5.75 Å². The molecule has 0 spiro atoms. The van der Waals surface area contributed by atoms with E-state index in [1.54, 1.807) is 24.4 Å². The van der Waals surface area contributed by atoms with E-state index in [0.717, 1.165) is 12.1 Å². The van der Waals surface area contributed by atoms with E-state index in [1.807, 2.05) is 23.9 Å². The summed E-state index contributed by atoms with van der Waals surface area (Å²) in [5, 5.41) is 13.3. The second kappa shape index (κ2) is 5.56. The number of halogens is 1. The lowest BCUT2D eigenvalue weighted by Gasteiger charge is -2.08. The molecular weight excluding hydrogens is 250 g/mol. The number of hydrogen-bond donors (Lipinski definition) is 0. The predicted molar refractivity (Wildman–Crippen MR) is 68.6 cm³/mol. The molecule has 0 fully saturated rings. The van der Waals surface area contributed by atoms with Gasteiger partial charge in [-0.1, -0.05) is 11.6 Å². The van der Waals surface area contributed by atoms with E-state index in [9.17, 15) is 0 Å². The molecule has 92 valence electrons. The molecule has 0 radical (unpaired) electrons. The lowest BCUT2D eigenvalue weighted by Crippen LogP contribution is -2.06. The maximum Gasteiger partial charge on any atom is 0.137 e. The lowest BCUT2D eigenvalue weighted by atomic mass is 10.2. The van der Waals surface area contributed by atoms with Crippen LogP contribution in [0.25, 0.3) is 0 Å². The number of ether oxygens (including phenoxy) is 1. The van der Waals surface area contributed by atoms with Crippen LogP contribution in [0.15, 0.2) is 30.5 Å². The van der Waals surface area contributed by atoms with E-state index in [4.69, 9.17) is 21.6 Å². The number of nitrogens with zero attached hydrogens (tertiary/aromatic N) is 3. The van der Waals surface area contributed by atoms with E-state index in [1.165, 1.54) is 0 Å². The maximum atomic E-state index is 8.73. The van der Waals surface area contributed by atoms with Crippen molar-refractivity contribution in [1.29, 1.82) is 5.26 Å². The minimum atomic E-state index is 0.457. The molecule has 0 N–H and O–H groups in total. The topological polar surface area (TPSA) is 50.8 Å². The fraction of sp³-hybridized carbons (Fsp3) is 0.231. The Kier molecular flexibility index (Phi) is 3.85. The first-order valence-corrected chi connectivity index (χ1v) is 5.88. The van der Waals surface area contributed by atoms with Crippen LogP contribution in [0.4, 0.5) is 0 Å². The molecule has 5 heteroatoms. The second-order valence-corrected chi connectivity index (χ2v) is 4.21. The fourth-order valence-corrected chi connectivity index (χ4v) is 1.83. The summed E-state index contributed by atoms with van der Waals surface area (Å²) in [7, 11) is 1.89. The number of rotatable bonds is 4. The highest BCUT2D eigenvalue weighted by molar-refractivity contribution is 6.32. The van der Waals surface area contributed by atoms with Crippen molar-refractivity contribution in [3.63, 3.8) is 0 Å². The molecule has 18 heavy (non-hydrogen) atoms. The van der Waals surface area contributed by atoms with Gasteiger partial charge in [-0.15, -0.1) is 0 Å². The number of benzene rings is 1. The molecule has 1 heterocycles. The summed E-state index contributed by atoms with van der Waals surface area (Å²) in [6, 6.07) is 8.97. The van der Waals surface area contributed by atoms with Crippen molar-refractivity contribution in [3.05, 3.63) is 46.7 Å². The highest BCUT2D eigenvalue weighted by atomic mass is 35.5.